The summed E-state index contributed by atoms with van der Waals surface area (Å²) in [5, 5.41) is 9.47. The zero-order valence-corrected chi connectivity index (χ0v) is 12.0. The number of aromatic nitrogens is 2. The van der Waals surface area contributed by atoms with Crippen LogP contribution in [0.4, 0.5) is 0 Å². The highest BCUT2D eigenvalue weighted by Crippen LogP contribution is 2.32. The van der Waals surface area contributed by atoms with E-state index in [0.717, 1.165) is 22.4 Å². The van der Waals surface area contributed by atoms with Crippen LogP contribution in [0.1, 0.15) is 5.56 Å². The van der Waals surface area contributed by atoms with Crippen molar-refractivity contribution in [3.63, 3.8) is 0 Å². The highest BCUT2D eigenvalue weighted by molar-refractivity contribution is 5.77. The van der Waals surface area contributed by atoms with Crippen LogP contribution < -0.4 is 4.74 Å². The molecule has 3 aromatic rings. The summed E-state index contributed by atoms with van der Waals surface area (Å²) in [6.45, 7) is 0. The van der Waals surface area contributed by atoms with E-state index in [1.165, 1.54) is 7.11 Å². The molecule has 0 spiro atoms. The number of hydrogen-bond acceptors (Lipinski definition) is 4. The predicted octanol–water partition coefficient (Wildman–Crippen LogP) is 3.69. The summed E-state index contributed by atoms with van der Waals surface area (Å²) >= 11 is 0. The average molecular weight is 287 g/mol. The Labute approximate surface area is 128 Å². The number of pyridine rings is 2. The molecule has 0 aliphatic carbocycles. The molecule has 0 amide bonds. The Hall–Kier alpha value is -3.19. The molecule has 1 aromatic carbocycles. The molecule has 106 valence electrons. The summed E-state index contributed by atoms with van der Waals surface area (Å²) in [7, 11) is 1.52. The molecular formula is C18H13N3O. The van der Waals surface area contributed by atoms with Gasteiger partial charge in [-0.2, -0.15) is 5.26 Å². The standard InChI is InChI=1S/C18H13N3O/c1-22-18-16(12-19)15(13-7-9-20-10-8-13)11-17(21-18)14-5-3-2-4-6-14/h2-11H,1H3. The summed E-state index contributed by atoms with van der Waals surface area (Å²) < 4.78 is 5.31. The quantitative estimate of drug-likeness (QED) is 0.737. The number of nitriles is 1. The SMILES string of the molecule is COc1nc(-c2ccccc2)cc(-c2ccncc2)c1C#N. The molecule has 0 fully saturated rings. The van der Waals surface area contributed by atoms with Gasteiger partial charge in [0.1, 0.15) is 11.6 Å². The van der Waals surface area contributed by atoms with Crippen molar-refractivity contribution in [1.82, 2.24) is 9.97 Å². The van der Waals surface area contributed by atoms with Crippen molar-refractivity contribution in [2.45, 2.75) is 0 Å². The minimum absolute atomic E-state index is 0.329. The summed E-state index contributed by atoms with van der Waals surface area (Å²) in [5.41, 5.74) is 3.86. The minimum Gasteiger partial charge on any atom is -0.480 e. The van der Waals surface area contributed by atoms with Gasteiger partial charge in [-0.05, 0) is 23.8 Å². The topological polar surface area (TPSA) is 58.8 Å². The Morgan fingerprint density at radius 3 is 2.36 bits per heavy atom. The van der Waals surface area contributed by atoms with Crippen LogP contribution in [0.2, 0.25) is 0 Å². The van der Waals surface area contributed by atoms with E-state index < -0.39 is 0 Å². The summed E-state index contributed by atoms with van der Waals surface area (Å²) in [6, 6.07) is 17.6. The van der Waals surface area contributed by atoms with Crippen molar-refractivity contribution in [2.75, 3.05) is 7.11 Å². The number of nitrogens with zero attached hydrogens (tertiary/aromatic N) is 3. The van der Waals surface area contributed by atoms with Gasteiger partial charge in [-0.3, -0.25) is 4.98 Å². The third-order valence-corrected chi connectivity index (χ3v) is 3.35. The van der Waals surface area contributed by atoms with Crippen molar-refractivity contribution >= 4 is 0 Å². The maximum absolute atomic E-state index is 9.47. The highest BCUT2D eigenvalue weighted by atomic mass is 16.5. The molecule has 0 atom stereocenters. The lowest BCUT2D eigenvalue weighted by molar-refractivity contribution is 0.397. The van der Waals surface area contributed by atoms with E-state index in [2.05, 4.69) is 16.0 Å². The van der Waals surface area contributed by atoms with Crippen LogP contribution in [0, 0.1) is 11.3 Å². The number of benzene rings is 1. The average Bonchev–Trinajstić information content (AvgIpc) is 2.62. The summed E-state index contributed by atoms with van der Waals surface area (Å²) in [4.78, 5) is 8.48. The van der Waals surface area contributed by atoms with Gasteiger partial charge < -0.3 is 4.74 Å². The van der Waals surface area contributed by atoms with Gasteiger partial charge in [0.05, 0.1) is 12.8 Å². The van der Waals surface area contributed by atoms with Crippen LogP contribution in [0.25, 0.3) is 22.4 Å². The van der Waals surface area contributed by atoms with E-state index in [0.29, 0.717) is 11.4 Å². The van der Waals surface area contributed by atoms with E-state index in [-0.39, 0.29) is 0 Å². The van der Waals surface area contributed by atoms with E-state index in [1.807, 2.05) is 48.5 Å². The molecule has 4 nitrogen and oxygen atoms in total. The lowest BCUT2D eigenvalue weighted by atomic mass is 10.00. The van der Waals surface area contributed by atoms with Crippen molar-refractivity contribution < 1.29 is 4.74 Å². The van der Waals surface area contributed by atoms with Gasteiger partial charge in [-0.15, -0.1) is 0 Å². The Morgan fingerprint density at radius 2 is 1.73 bits per heavy atom. The number of rotatable bonds is 3. The van der Waals surface area contributed by atoms with Crippen LogP contribution >= 0.6 is 0 Å². The predicted molar refractivity (Wildman–Crippen MR) is 84.2 cm³/mol. The second kappa shape index (κ2) is 6.06. The fraction of sp³-hybridized carbons (Fsp3) is 0.0556. The molecule has 0 unspecified atom stereocenters. The molecule has 0 bridgehead atoms. The minimum atomic E-state index is 0.329. The molecule has 3 rings (SSSR count). The van der Waals surface area contributed by atoms with E-state index in [1.54, 1.807) is 12.4 Å². The first kappa shape index (κ1) is 13.8. The fourth-order valence-electron chi connectivity index (χ4n) is 2.29. The monoisotopic (exact) mass is 287 g/mol. The first-order valence-electron chi connectivity index (χ1n) is 6.78. The summed E-state index contributed by atoms with van der Waals surface area (Å²) in [6.07, 6.45) is 3.40. The van der Waals surface area contributed by atoms with Gasteiger partial charge in [0.25, 0.3) is 0 Å². The first-order chi connectivity index (χ1) is 10.8. The molecule has 0 aliphatic rings. The number of ether oxygens (including phenoxy) is 1. The maximum Gasteiger partial charge on any atom is 0.232 e. The molecule has 0 saturated carbocycles. The van der Waals surface area contributed by atoms with Gasteiger partial charge in [-0.25, -0.2) is 4.98 Å². The van der Waals surface area contributed by atoms with Crippen LogP contribution in [-0.4, -0.2) is 17.1 Å². The van der Waals surface area contributed by atoms with Crippen LogP contribution in [0.5, 0.6) is 5.88 Å². The Balaban J connectivity index is 2.26. The number of hydrogen-bond donors (Lipinski definition) is 0. The van der Waals surface area contributed by atoms with Gasteiger partial charge in [0.2, 0.25) is 5.88 Å². The zero-order chi connectivity index (χ0) is 15.4. The van der Waals surface area contributed by atoms with Gasteiger partial charge in [-0.1, -0.05) is 30.3 Å². The second-order valence-electron chi connectivity index (χ2n) is 4.65. The van der Waals surface area contributed by atoms with Crippen LogP contribution in [0.15, 0.2) is 60.9 Å². The summed E-state index contributed by atoms with van der Waals surface area (Å²) in [5.74, 6) is 0.329. The molecule has 0 aliphatic heterocycles. The lowest BCUT2D eigenvalue weighted by Crippen LogP contribution is -1.97. The van der Waals surface area contributed by atoms with E-state index in [9.17, 15) is 5.26 Å². The first-order valence-corrected chi connectivity index (χ1v) is 6.78. The maximum atomic E-state index is 9.47. The van der Waals surface area contributed by atoms with E-state index in [4.69, 9.17) is 4.74 Å². The second-order valence-corrected chi connectivity index (χ2v) is 4.65. The Bertz CT molecular complexity index is 824. The van der Waals surface area contributed by atoms with Gasteiger partial charge in [0, 0.05) is 23.5 Å². The van der Waals surface area contributed by atoms with Crippen LogP contribution in [-0.2, 0) is 0 Å². The number of methoxy groups -OCH3 is 1. The third-order valence-electron chi connectivity index (χ3n) is 3.35. The molecule has 0 radical (unpaired) electrons. The van der Waals surface area contributed by atoms with Crippen molar-refractivity contribution in [2.24, 2.45) is 0 Å². The van der Waals surface area contributed by atoms with Crippen molar-refractivity contribution in [3.8, 4) is 34.3 Å². The molecule has 2 heterocycles. The Kier molecular flexibility index (Phi) is 3.80. The normalized spacial score (nSPS) is 10.0. The van der Waals surface area contributed by atoms with Gasteiger partial charge >= 0.3 is 0 Å². The lowest BCUT2D eigenvalue weighted by Gasteiger charge is -2.11. The van der Waals surface area contributed by atoms with Crippen molar-refractivity contribution in [1.29, 1.82) is 5.26 Å². The largest absolute Gasteiger partial charge is 0.480 e. The molecule has 2 aromatic heterocycles. The third kappa shape index (κ3) is 2.52. The smallest absolute Gasteiger partial charge is 0.232 e. The fourth-order valence-corrected chi connectivity index (χ4v) is 2.29. The van der Waals surface area contributed by atoms with Gasteiger partial charge in [0.15, 0.2) is 0 Å². The molecular weight excluding hydrogens is 274 g/mol. The Morgan fingerprint density at radius 1 is 1.00 bits per heavy atom. The molecule has 4 heteroatoms. The highest BCUT2D eigenvalue weighted by Gasteiger charge is 2.15. The zero-order valence-electron chi connectivity index (χ0n) is 12.0. The molecule has 0 saturated heterocycles. The van der Waals surface area contributed by atoms with Crippen molar-refractivity contribution in [3.05, 3.63) is 66.5 Å². The van der Waals surface area contributed by atoms with E-state index >= 15 is 0 Å². The molecule has 22 heavy (non-hydrogen) atoms. The molecule has 0 N–H and O–H groups in total. The van der Waals surface area contributed by atoms with Crippen LogP contribution in [0.3, 0.4) is 0 Å².